The number of nitrogens with one attached hydrogen (secondary N) is 1. The van der Waals surface area contributed by atoms with E-state index in [1.807, 2.05) is 18.2 Å². The van der Waals surface area contributed by atoms with Gasteiger partial charge < -0.3 is 5.32 Å². The number of piperidine rings is 1. The summed E-state index contributed by atoms with van der Waals surface area (Å²) in [6, 6.07) is 12.4. The smallest absolute Gasteiger partial charge is 0.0991 e. The Kier molecular flexibility index (Phi) is 4.05. The molecule has 0 aromatic heterocycles. The van der Waals surface area contributed by atoms with Gasteiger partial charge in [0.2, 0.25) is 0 Å². The fourth-order valence-electron chi connectivity index (χ4n) is 3.80. The molecular formula is C17H23N3. The molecule has 3 rings (SSSR count). The van der Waals surface area contributed by atoms with Gasteiger partial charge in [-0.15, -0.1) is 0 Å². The highest BCUT2D eigenvalue weighted by molar-refractivity contribution is 5.32. The van der Waals surface area contributed by atoms with Crippen LogP contribution in [0, 0.1) is 11.3 Å². The van der Waals surface area contributed by atoms with Crippen molar-refractivity contribution in [1.29, 1.82) is 5.26 Å². The lowest BCUT2D eigenvalue weighted by Gasteiger charge is -2.37. The SMILES string of the molecule is CCN(Cc1cccc(C#N)c1)C1CC2CCC(C1)N2. The average Bonchev–Trinajstić information content (AvgIpc) is 2.83. The van der Waals surface area contributed by atoms with Crippen LogP contribution in [0.2, 0.25) is 0 Å². The number of hydrogen-bond donors (Lipinski definition) is 1. The molecule has 2 aliphatic rings. The summed E-state index contributed by atoms with van der Waals surface area (Å²) in [4.78, 5) is 2.59. The van der Waals surface area contributed by atoms with Crippen molar-refractivity contribution >= 4 is 0 Å². The minimum absolute atomic E-state index is 0.699. The molecule has 0 radical (unpaired) electrons. The molecule has 1 aromatic rings. The molecule has 106 valence electrons. The van der Waals surface area contributed by atoms with Gasteiger partial charge in [-0.25, -0.2) is 0 Å². The summed E-state index contributed by atoms with van der Waals surface area (Å²) >= 11 is 0. The van der Waals surface area contributed by atoms with E-state index in [0.717, 1.165) is 30.7 Å². The Bertz CT molecular complexity index is 493. The molecule has 0 aliphatic carbocycles. The third-order valence-electron chi connectivity index (χ3n) is 4.81. The van der Waals surface area contributed by atoms with Crippen LogP contribution in [-0.2, 0) is 6.54 Å². The van der Waals surface area contributed by atoms with E-state index in [0.29, 0.717) is 6.04 Å². The molecule has 0 amide bonds. The van der Waals surface area contributed by atoms with E-state index >= 15 is 0 Å². The Hall–Kier alpha value is -1.37. The fraction of sp³-hybridized carbons (Fsp3) is 0.588. The zero-order valence-corrected chi connectivity index (χ0v) is 12.2. The molecule has 3 nitrogen and oxygen atoms in total. The zero-order valence-electron chi connectivity index (χ0n) is 12.2. The van der Waals surface area contributed by atoms with Gasteiger partial charge in [0, 0.05) is 24.7 Å². The topological polar surface area (TPSA) is 39.1 Å². The maximum atomic E-state index is 9.01. The first-order valence-corrected chi connectivity index (χ1v) is 7.77. The standard InChI is InChI=1S/C17H23N3/c1-2-20(12-14-5-3-4-13(8-14)11-18)17-9-15-6-7-16(10-17)19-15/h3-5,8,15-17,19H,2,6-7,9-10,12H2,1H3. The molecule has 2 unspecified atom stereocenters. The minimum atomic E-state index is 0.699. The Morgan fingerprint density at radius 3 is 2.70 bits per heavy atom. The van der Waals surface area contributed by atoms with Crippen molar-refractivity contribution < 1.29 is 0 Å². The van der Waals surface area contributed by atoms with Crippen LogP contribution in [0.1, 0.15) is 43.7 Å². The maximum Gasteiger partial charge on any atom is 0.0991 e. The van der Waals surface area contributed by atoms with Gasteiger partial charge in [0.1, 0.15) is 0 Å². The van der Waals surface area contributed by atoms with E-state index in [2.05, 4.69) is 29.3 Å². The van der Waals surface area contributed by atoms with Crippen molar-refractivity contribution in [2.24, 2.45) is 0 Å². The van der Waals surface area contributed by atoms with Crippen molar-refractivity contribution in [1.82, 2.24) is 10.2 Å². The van der Waals surface area contributed by atoms with Gasteiger partial charge in [-0.3, -0.25) is 4.90 Å². The molecule has 1 N–H and O–H groups in total. The second-order valence-electron chi connectivity index (χ2n) is 6.14. The van der Waals surface area contributed by atoms with Crippen molar-refractivity contribution in [2.45, 2.75) is 57.3 Å². The lowest BCUT2D eigenvalue weighted by molar-refractivity contribution is 0.141. The fourth-order valence-corrected chi connectivity index (χ4v) is 3.80. The third-order valence-corrected chi connectivity index (χ3v) is 4.81. The Morgan fingerprint density at radius 2 is 2.05 bits per heavy atom. The highest BCUT2D eigenvalue weighted by Gasteiger charge is 2.35. The van der Waals surface area contributed by atoms with Gasteiger partial charge in [0.25, 0.3) is 0 Å². The summed E-state index contributed by atoms with van der Waals surface area (Å²) in [5.41, 5.74) is 2.03. The van der Waals surface area contributed by atoms with Gasteiger partial charge in [-0.2, -0.15) is 5.26 Å². The number of nitrogens with zero attached hydrogens (tertiary/aromatic N) is 2. The third kappa shape index (κ3) is 2.87. The van der Waals surface area contributed by atoms with Crippen molar-refractivity contribution in [3.8, 4) is 6.07 Å². The minimum Gasteiger partial charge on any atom is -0.311 e. The Labute approximate surface area is 121 Å². The quantitative estimate of drug-likeness (QED) is 0.913. The molecule has 3 heteroatoms. The molecule has 2 atom stereocenters. The van der Waals surface area contributed by atoms with Crippen LogP contribution < -0.4 is 5.32 Å². The van der Waals surface area contributed by atoms with Crippen LogP contribution in [-0.4, -0.2) is 29.6 Å². The van der Waals surface area contributed by atoms with E-state index in [4.69, 9.17) is 5.26 Å². The van der Waals surface area contributed by atoms with Crippen LogP contribution in [0.5, 0.6) is 0 Å². The van der Waals surface area contributed by atoms with Crippen LogP contribution in [0.15, 0.2) is 24.3 Å². The maximum absolute atomic E-state index is 9.01. The lowest BCUT2D eigenvalue weighted by Crippen LogP contribution is -2.47. The molecule has 2 bridgehead atoms. The van der Waals surface area contributed by atoms with E-state index in [1.165, 1.54) is 31.2 Å². The predicted molar refractivity (Wildman–Crippen MR) is 80.2 cm³/mol. The van der Waals surface area contributed by atoms with Gasteiger partial charge >= 0.3 is 0 Å². The molecule has 2 heterocycles. The monoisotopic (exact) mass is 269 g/mol. The first-order valence-electron chi connectivity index (χ1n) is 7.77. The summed E-state index contributed by atoms with van der Waals surface area (Å²) in [6.45, 7) is 4.30. The number of benzene rings is 1. The molecule has 0 saturated carbocycles. The number of rotatable bonds is 4. The largest absolute Gasteiger partial charge is 0.311 e. The molecule has 2 aliphatic heterocycles. The zero-order chi connectivity index (χ0) is 13.9. The Morgan fingerprint density at radius 1 is 1.30 bits per heavy atom. The van der Waals surface area contributed by atoms with Crippen molar-refractivity contribution in [2.75, 3.05) is 6.54 Å². The van der Waals surface area contributed by atoms with Gasteiger partial charge in [-0.1, -0.05) is 19.1 Å². The molecule has 2 saturated heterocycles. The lowest BCUT2D eigenvalue weighted by atomic mass is 9.97. The van der Waals surface area contributed by atoms with Gasteiger partial charge in [0.05, 0.1) is 11.6 Å². The van der Waals surface area contributed by atoms with Crippen LogP contribution in [0.25, 0.3) is 0 Å². The highest BCUT2D eigenvalue weighted by atomic mass is 15.2. The molecule has 2 fully saturated rings. The molecule has 1 aromatic carbocycles. The molecule has 0 spiro atoms. The number of nitriles is 1. The van der Waals surface area contributed by atoms with E-state index in [1.54, 1.807) is 0 Å². The van der Waals surface area contributed by atoms with E-state index < -0.39 is 0 Å². The van der Waals surface area contributed by atoms with Gasteiger partial charge in [-0.05, 0) is 49.9 Å². The Balaban J connectivity index is 1.69. The molecule has 20 heavy (non-hydrogen) atoms. The second kappa shape index (κ2) is 5.95. The van der Waals surface area contributed by atoms with Gasteiger partial charge in [0.15, 0.2) is 0 Å². The predicted octanol–water partition coefficient (Wildman–Crippen LogP) is 2.66. The molecular weight excluding hydrogens is 246 g/mol. The summed E-state index contributed by atoms with van der Waals surface area (Å²) in [6.07, 6.45) is 5.26. The van der Waals surface area contributed by atoms with E-state index in [-0.39, 0.29) is 0 Å². The average molecular weight is 269 g/mol. The summed E-state index contributed by atoms with van der Waals surface area (Å²) in [7, 11) is 0. The first-order chi connectivity index (χ1) is 9.78. The van der Waals surface area contributed by atoms with Crippen LogP contribution in [0.4, 0.5) is 0 Å². The highest BCUT2D eigenvalue weighted by Crippen LogP contribution is 2.30. The normalized spacial score (nSPS) is 28.6. The van der Waals surface area contributed by atoms with E-state index in [9.17, 15) is 0 Å². The summed E-state index contributed by atoms with van der Waals surface area (Å²) < 4.78 is 0. The summed E-state index contributed by atoms with van der Waals surface area (Å²) in [5, 5.41) is 12.7. The number of fused-ring (bicyclic) bond motifs is 2. The second-order valence-corrected chi connectivity index (χ2v) is 6.14. The van der Waals surface area contributed by atoms with Crippen LogP contribution in [0.3, 0.4) is 0 Å². The number of hydrogen-bond acceptors (Lipinski definition) is 3. The van der Waals surface area contributed by atoms with Crippen LogP contribution >= 0.6 is 0 Å². The first kappa shape index (κ1) is 13.6. The summed E-state index contributed by atoms with van der Waals surface area (Å²) in [5.74, 6) is 0. The van der Waals surface area contributed by atoms with Crippen molar-refractivity contribution in [3.05, 3.63) is 35.4 Å². The van der Waals surface area contributed by atoms with Crippen molar-refractivity contribution in [3.63, 3.8) is 0 Å².